The molecule has 0 saturated carbocycles. The quantitative estimate of drug-likeness (QED) is 0.0633. The molecule has 0 saturated heterocycles. The van der Waals surface area contributed by atoms with E-state index in [1.807, 2.05) is 37.4 Å². The zero-order chi connectivity index (χ0) is 30.8. The molecule has 0 amide bonds. The largest absolute Gasteiger partial charge is 0.487 e. The molecule has 0 spiro atoms. The van der Waals surface area contributed by atoms with E-state index >= 15 is 0 Å². The molecule has 0 heterocycles. The second-order valence-electron chi connectivity index (χ2n) is 11.4. The molecule has 0 bridgehead atoms. The van der Waals surface area contributed by atoms with Crippen molar-refractivity contribution in [3.63, 3.8) is 0 Å². The summed E-state index contributed by atoms with van der Waals surface area (Å²) in [6.45, 7) is 6.16. The normalized spacial score (nSPS) is 13.0. The van der Waals surface area contributed by atoms with E-state index in [4.69, 9.17) is 9.47 Å². The van der Waals surface area contributed by atoms with Gasteiger partial charge in [0.1, 0.15) is 18.9 Å². The van der Waals surface area contributed by atoms with E-state index in [-0.39, 0.29) is 19.1 Å². The number of esters is 1. The van der Waals surface area contributed by atoms with Crippen LogP contribution in [0.25, 0.3) is 0 Å². The molecule has 0 aliphatic rings. The van der Waals surface area contributed by atoms with Gasteiger partial charge in [-0.1, -0.05) is 88.6 Å². The predicted molar refractivity (Wildman–Crippen MR) is 161 cm³/mol. The molecular formula is C34H49F3NO4+. The Labute approximate surface area is 250 Å². The smallest absolute Gasteiger partial charge is 0.454 e. The van der Waals surface area contributed by atoms with Crippen molar-refractivity contribution in [2.45, 2.75) is 90.7 Å². The first-order valence-electron chi connectivity index (χ1n) is 15.5. The Morgan fingerprint density at radius 2 is 1.43 bits per heavy atom. The lowest BCUT2D eigenvalue weighted by Crippen LogP contribution is -2.51. The van der Waals surface area contributed by atoms with Gasteiger partial charge in [-0.05, 0) is 49.1 Å². The van der Waals surface area contributed by atoms with Crippen molar-refractivity contribution in [1.29, 1.82) is 0 Å². The molecular weight excluding hydrogens is 543 g/mol. The standard InChI is InChI=1S/C34H49F3NO4/c1-4-6-7-8-9-10-11-12-13-17-22-38(3,27-32(39)41-5-2)23-24-42-31-21-20-29(33(40)34(35,36)37)26-30(31)25-28-18-15-14-16-19-28/h14-16,18-21,26H,4-13,17,22-25,27H2,1-3H3/q+1. The van der Waals surface area contributed by atoms with Crippen molar-refractivity contribution in [1.82, 2.24) is 0 Å². The summed E-state index contributed by atoms with van der Waals surface area (Å²) in [6.07, 6.45) is 7.65. The first-order chi connectivity index (χ1) is 20.1. The molecule has 2 aromatic rings. The fourth-order valence-electron chi connectivity index (χ4n) is 5.12. The number of quaternary nitrogens is 1. The first kappa shape index (κ1) is 35.3. The zero-order valence-corrected chi connectivity index (χ0v) is 25.6. The van der Waals surface area contributed by atoms with Gasteiger partial charge in [-0.2, -0.15) is 13.2 Å². The minimum Gasteiger partial charge on any atom is -0.487 e. The van der Waals surface area contributed by atoms with Gasteiger partial charge in [0.05, 0.1) is 20.2 Å². The van der Waals surface area contributed by atoms with Crippen LogP contribution >= 0.6 is 0 Å². The number of hydrogen-bond donors (Lipinski definition) is 0. The zero-order valence-electron chi connectivity index (χ0n) is 25.6. The number of likely N-dealkylation sites (N-methyl/N-ethyl adjacent to an activating group) is 1. The summed E-state index contributed by atoms with van der Waals surface area (Å²) >= 11 is 0. The summed E-state index contributed by atoms with van der Waals surface area (Å²) < 4.78 is 51.1. The molecule has 0 radical (unpaired) electrons. The van der Waals surface area contributed by atoms with Crippen molar-refractivity contribution < 1.29 is 36.7 Å². The lowest BCUT2D eigenvalue weighted by Gasteiger charge is -2.33. The summed E-state index contributed by atoms with van der Waals surface area (Å²) in [6, 6.07) is 13.2. The molecule has 2 aromatic carbocycles. The number of ether oxygens (including phenoxy) is 2. The van der Waals surface area contributed by atoms with Crippen LogP contribution in [0.2, 0.25) is 0 Å². The molecule has 0 N–H and O–H groups in total. The third-order valence-electron chi connectivity index (χ3n) is 7.57. The number of unbranched alkanes of at least 4 members (excludes halogenated alkanes) is 9. The molecule has 0 aromatic heterocycles. The monoisotopic (exact) mass is 592 g/mol. The van der Waals surface area contributed by atoms with Crippen LogP contribution in [0.3, 0.4) is 0 Å². The lowest BCUT2D eigenvalue weighted by molar-refractivity contribution is -0.902. The highest BCUT2D eigenvalue weighted by Gasteiger charge is 2.39. The Morgan fingerprint density at radius 3 is 2.02 bits per heavy atom. The van der Waals surface area contributed by atoms with E-state index in [1.165, 1.54) is 63.5 Å². The van der Waals surface area contributed by atoms with Gasteiger partial charge in [-0.15, -0.1) is 0 Å². The Morgan fingerprint density at radius 1 is 0.810 bits per heavy atom. The maximum atomic E-state index is 13.1. The average molecular weight is 593 g/mol. The highest BCUT2D eigenvalue weighted by molar-refractivity contribution is 6.00. The second kappa shape index (κ2) is 18.6. The van der Waals surface area contributed by atoms with E-state index < -0.39 is 17.5 Å². The minimum atomic E-state index is -4.95. The Bertz CT molecular complexity index is 1070. The van der Waals surface area contributed by atoms with Crippen molar-refractivity contribution in [3.8, 4) is 5.75 Å². The SMILES string of the molecule is CCCCCCCCCCCC[N+](C)(CCOc1ccc(C(=O)C(F)(F)F)cc1Cc1ccccc1)CC(=O)OCC. The molecule has 2 rings (SSSR count). The number of halogens is 3. The van der Waals surface area contributed by atoms with E-state index in [9.17, 15) is 22.8 Å². The van der Waals surface area contributed by atoms with Crippen molar-refractivity contribution >= 4 is 11.8 Å². The van der Waals surface area contributed by atoms with Gasteiger partial charge in [-0.3, -0.25) is 4.79 Å². The number of benzene rings is 2. The number of rotatable bonds is 21. The third kappa shape index (κ3) is 13.4. The maximum absolute atomic E-state index is 13.1. The summed E-state index contributed by atoms with van der Waals surface area (Å²) in [5.74, 6) is -1.70. The lowest BCUT2D eigenvalue weighted by atomic mass is 10.00. The Hall–Kier alpha value is -2.87. The summed E-state index contributed by atoms with van der Waals surface area (Å²) in [5.41, 5.74) is 0.984. The maximum Gasteiger partial charge on any atom is 0.454 e. The van der Waals surface area contributed by atoms with Crippen LogP contribution in [0.4, 0.5) is 13.2 Å². The predicted octanol–water partition coefficient (Wildman–Crippen LogP) is 8.33. The van der Waals surface area contributed by atoms with Crippen LogP contribution < -0.4 is 4.74 Å². The van der Waals surface area contributed by atoms with Crippen molar-refractivity contribution in [3.05, 3.63) is 65.2 Å². The van der Waals surface area contributed by atoms with Gasteiger partial charge in [0.25, 0.3) is 5.78 Å². The number of Topliss-reactive ketones (excluding diaryl/α,β-unsaturated/α-hetero) is 1. The molecule has 0 aliphatic heterocycles. The summed E-state index contributed by atoms with van der Waals surface area (Å²) in [5, 5.41) is 0. The number of ketones is 1. The molecule has 42 heavy (non-hydrogen) atoms. The molecule has 5 nitrogen and oxygen atoms in total. The van der Waals surface area contributed by atoms with E-state index in [1.54, 1.807) is 6.92 Å². The van der Waals surface area contributed by atoms with Crippen LogP contribution in [0, 0.1) is 0 Å². The molecule has 234 valence electrons. The van der Waals surface area contributed by atoms with Crippen LogP contribution in [-0.4, -0.2) is 62.3 Å². The van der Waals surface area contributed by atoms with Gasteiger partial charge < -0.3 is 14.0 Å². The fourth-order valence-corrected chi connectivity index (χ4v) is 5.12. The molecule has 1 unspecified atom stereocenters. The second-order valence-corrected chi connectivity index (χ2v) is 11.4. The number of alkyl halides is 3. The van der Waals surface area contributed by atoms with Gasteiger partial charge in [0.2, 0.25) is 0 Å². The number of carbonyl (C=O) groups is 2. The Balaban J connectivity index is 2.02. The Kier molecular flexibility index (Phi) is 15.7. The van der Waals surface area contributed by atoms with Crippen LogP contribution in [0.5, 0.6) is 5.75 Å². The van der Waals surface area contributed by atoms with E-state index in [0.29, 0.717) is 35.4 Å². The first-order valence-corrected chi connectivity index (χ1v) is 15.5. The van der Waals surface area contributed by atoms with Crippen LogP contribution in [0.15, 0.2) is 48.5 Å². The van der Waals surface area contributed by atoms with Crippen LogP contribution in [0.1, 0.15) is 99.5 Å². The van der Waals surface area contributed by atoms with Gasteiger partial charge in [0.15, 0.2) is 6.54 Å². The van der Waals surface area contributed by atoms with Gasteiger partial charge >= 0.3 is 12.1 Å². The molecule has 0 aliphatic carbocycles. The summed E-state index contributed by atoms with van der Waals surface area (Å²) in [4.78, 5) is 24.3. The van der Waals surface area contributed by atoms with Gasteiger partial charge in [0, 0.05) is 12.0 Å². The van der Waals surface area contributed by atoms with Crippen molar-refractivity contribution in [2.75, 3.05) is 39.9 Å². The minimum absolute atomic E-state index is 0.227. The van der Waals surface area contributed by atoms with Gasteiger partial charge in [-0.25, -0.2) is 4.79 Å². The topological polar surface area (TPSA) is 52.6 Å². The van der Waals surface area contributed by atoms with E-state index in [2.05, 4.69) is 6.92 Å². The summed E-state index contributed by atoms with van der Waals surface area (Å²) in [7, 11) is 2.02. The van der Waals surface area contributed by atoms with Crippen LogP contribution in [-0.2, 0) is 16.0 Å². The third-order valence-corrected chi connectivity index (χ3v) is 7.57. The molecule has 8 heteroatoms. The average Bonchev–Trinajstić information content (AvgIpc) is 2.94. The van der Waals surface area contributed by atoms with E-state index in [0.717, 1.165) is 31.0 Å². The fraction of sp³-hybridized carbons (Fsp3) is 0.588. The number of hydrogen-bond acceptors (Lipinski definition) is 4. The van der Waals surface area contributed by atoms with Crippen molar-refractivity contribution in [2.24, 2.45) is 0 Å². The number of carbonyl (C=O) groups excluding carboxylic acids is 2. The number of nitrogens with zero attached hydrogens (tertiary/aromatic N) is 1. The molecule has 1 atom stereocenters. The molecule has 0 fully saturated rings. The highest BCUT2D eigenvalue weighted by atomic mass is 19.4. The highest BCUT2D eigenvalue weighted by Crippen LogP contribution is 2.28.